The average Bonchev–Trinajstić information content (AvgIpc) is 2.78. The van der Waals surface area contributed by atoms with Gasteiger partial charge in [-0.05, 0) is 56.9 Å². The highest BCUT2D eigenvalue weighted by Gasteiger charge is 2.29. The third-order valence-electron chi connectivity index (χ3n) is 6.55. The van der Waals surface area contributed by atoms with Crippen molar-refractivity contribution in [2.24, 2.45) is 5.92 Å². The predicted octanol–water partition coefficient (Wildman–Crippen LogP) is 4.42. The Bertz CT molecular complexity index is 854. The maximum absolute atomic E-state index is 13.4. The van der Waals surface area contributed by atoms with Gasteiger partial charge in [0, 0.05) is 45.5 Å². The van der Waals surface area contributed by atoms with Crippen LogP contribution in [0, 0.1) is 5.92 Å². The number of nitrogens with zero attached hydrogens (tertiary/aromatic N) is 3. The molecule has 4 rings (SSSR count). The van der Waals surface area contributed by atoms with Gasteiger partial charge in [-0.2, -0.15) is 0 Å². The van der Waals surface area contributed by atoms with Gasteiger partial charge in [0.1, 0.15) is 0 Å². The Morgan fingerprint density at radius 1 is 0.968 bits per heavy atom. The monoisotopic (exact) mass is 421 g/mol. The Balaban J connectivity index is 1.38. The highest BCUT2D eigenvalue weighted by molar-refractivity contribution is 6.00. The van der Waals surface area contributed by atoms with E-state index in [1.54, 1.807) is 0 Å². The van der Waals surface area contributed by atoms with Crippen molar-refractivity contribution in [3.63, 3.8) is 0 Å². The highest BCUT2D eigenvalue weighted by atomic mass is 16.5. The fraction of sp³-hybridized carbons (Fsp3) is 0.500. The topological polar surface area (TPSA) is 36.0 Å². The molecule has 0 bridgehead atoms. The minimum Gasteiger partial charge on any atom is -0.373 e. The summed E-state index contributed by atoms with van der Waals surface area (Å²) in [5.41, 5.74) is 2.82. The molecule has 2 aromatic carbocycles. The van der Waals surface area contributed by atoms with Gasteiger partial charge in [0.2, 0.25) is 0 Å². The molecule has 2 atom stereocenters. The number of amides is 1. The zero-order valence-corrected chi connectivity index (χ0v) is 19.0. The van der Waals surface area contributed by atoms with Crippen LogP contribution in [0.4, 0.5) is 11.4 Å². The molecule has 2 aliphatic rings. The third-order valence-corrected chi connectivity index (χ3v) is 6.55. The molecule has 2 aromatic rings. The Kier molecular flexibility index (Phi) is 6.93. The molecule has 2 aliphatic heterocycles. The molecule has 31 heavy (non-hydrogen) atoms. The van der Waals surface area contributed by atoms with Crippen LogP contribution in [0.3, 0.4) is 0 Å². The van der Waals surface area contributed by atoms with Gasteiger partial charge in [0.25, 0.3) is 5.91 Å². The number of piperidine rings is 1. The molecule has 0 aliphatic carbocycles. The number of likely N-dealkylation sites (tertiary alicyclic amines) is 1. The molecular formula is C26H35N3O2. The SMILES string of the molecule is CC1CN(CC2CCN(C(=O)c3ccccc3N(C)c3ccccc3)CC2)CC(C)O1. The van der Waals surface area contributed by atoms with Gasteiger partial charge in [0.05, 0.1) is 23.5 Å². The molecule has 0 spiro atoms. The van der Waals surface area contributed by atoms with Crippen molar-refractivity contribution in [3.8, 4) is 0 Å². The molecule has 2 fully saturated rings. The number of anilines is 2. The lowest BCUT2D eigenvalue weighted by Gasteiger charge is -2.39. The van der Waals surface area contributed by atoms with E-state index in [0.29, 0.717) is 18.1 Å². The second kappa shape index (κ2) is 9.84. The van der Waals surface area contributed by atoms with Gasteiger partial charge < -0.3 is 14.5 Å². The Hall–Kier alpha value is -2.37. The first-order chi connectivity index (χ1) is 15.0. The van der Waals surface area contributed by atoms with Crippen LogP contribution in [0.15, 0.2) is 54.6 Å². The predicted molar refractivity (Wildman–Crippen MR) is 126 cm³/mol. The van der Waals surface area contributed by atoms with E-state index in [1.807, 2.05) is 54.4 Å². The molecule has 0 N–H and O–H groups in total. The molecule has 0 saturated carbocycles. The minimum atomic E-state index is 0.144. The lowest BCUT2D eigenvalue weighted by Crippen LogP contribution is -2.48. The fourth-order valence-corrected chi connectivity index (χ4v) is 5.03. The number of hydrogen-bond acceptors (Lipinski definition) is 4. The van der Waals surface area contributed by atoms with Crippen molar-refractivity contribution in [2.45, 2.75) is 38.9 Å². The average molecular weight is 422 g/mol. The number of ether oxygens (including phenoxy) is 1. The lowest BCUT2D eigenvalue weighted by atomic mass is 9.95. The number of para-hydroxylation sites is 2. The van der Waals surface area contributed by atoms with Crippen molar-refractivity contribution in [1.82, 2.24) is 9.80 Å². The van der Waals surface area contributed by atoms with Crippen LogP contribution in [0.1, 0.15) is 37.0 Å². The molecule has 5 heteroatoms. The van der Waals surface area contributed by atoms with Crippen LogP contribution >= 0.6 is 0 Å². The number of hydrogen-bond donors (Lipinski definition) is 0. The standard InChI is InChI=1S/C26H35N3O2/c1-20-17-28(18-21(2)31-20)19-22-13-15-29(16-14-22)26(30)24-11-7-8-12-25(24)27(3)23-9-5-4-6-10-23/h4-12,20-22H,13-19H2,1-3H3. The number of benzene rings is 2. The van der Waals surface area contributed by atoms with Crippen molar-refractivity contribution in [2.75, 3.05) is 44.7 Å². The van der Waals surface area contributed by atoms with Crippen LogP contribution < -0.4 is 4.90 Å². The first-order valence-corrected chi connectivity index (χ1v) is 11.6. The van der Waals surface area contributed by atoms with E-state index >= 15 is 0 Å². The molecule has 2 saturated heterocycles. The zero-order chi connectivity index (χ0) is 21.8. The van der Waals surface area contributed by atoms with Gasteiger partial charge >= 0.3 is 0 Å². The van der Waals surface area contributed by atoms with E-state index in [0.717, 1.165) is 62.5 Å². The van der Waals surface area contributed by atoms with Crippen molar-refractivity contribution in [3.05, 3.63) is 60.2 Å². The zero-order valence-electron chi connectivity index (χ0n) is 19.0. The summed E-state index contributed by atoms with van der Waals surface area (Å²) < 4.78 is 5.87. The van der Waals surface area contributed by atoms with E-state index in [9.17, 15) is 4.79 Å². The molecule has 1 amide bonds. The van der Waals surface area contributed by atoms with Crippen LogP contribution in [0.5, 0.6) is 0 Å². The van der Waals surface area contributed by atoms with Crippen LogP contribution in [0.2, 0.25) is 0 Å². The molecule has 0 radical (unpaired) electrons. The lowest BCUT2D eigenvalue weighted by molar-refractivity contribution is -0.0728. The Morgan fingerprint density at radius 2 is 1.58 bits per heavy atom. The van der Waals surface area contributed by atoms with E-state index in [-0.39, 0.29) is 5.91 Å². The summed E-state index contributed by atoms with van der Waals surface area (Å²) in [4.78, 5) is 20.1. The molecule has 2 heterocycles. The Morgan fingerprint density at radius 3 is 2.26 bits per heavy atom. The maximum Gasteiger partial charge on any atom is 0.255 e. The molecule has 2 unspecified atom stereocenters. The summed E-state index contributed by atoms with van der Waals surface area (Å²) in [6.07, 6.45) is 2.76. The fourth-order valence-electron chi connectivity index (χ4n) is 5.03. The third kappa shape index (κ3) is 5.28. The molecule has 0 aromatic heterocycles. The summed E-state index contributed by atoms with van der Waals surface area (Å²) in [5.74, 6) is 0.800. The number of rotatable bonds is 5. The van der Waals surface area contributed by atoms with Gasteiger partial charge in [-0.1, -0.05) is 30.3 Å². The second-order valence-electron chi connectivity index (χ2n) is 9.12. The number of carbonyl (C=O) groups excluding carboxylic acids is 1. The van der Waals surface area contributed by atoms with E-state index < -0.39 is 0 Å². The van der Waals surface area contributed by atoms with Gasteiger partial charge in [-0.25, -0.2) is 0 Å². The maximum atomic E-state index is 13.4. The van der Waals surface area contributed by atoms with Crippen molar-refractivity contribution >= 4 is 17.3 Å². The van der Waals surface area contributed by atoms with Crippen LogP contribution in [0.25, 0.3) is 0 Å². The summed E-state index contributed by atoms with van der Waals surface area (Å²) in [5, 5.41) is 0. The van der Waals surface area contributed by atoms with E-state index in [4.69, 9.17) is 4.74 Å². The van der Waals surface area contributed by atoms with Gasteiger partial charge in [-0.15, -0.1) is 0 Å². The van der Waals surface area contributed by atoms with Crippen molar-refractivity contribution in [1.29, 1.82) is 0 Å². The normalized spacial score (nSPS) is 23.0. The summed E-state index contributed by atoms with van der Waals surface area (Å²) >= 11 is 0. The van der Waals surface area contributed by atoms with E-state index in [1.165, 1.54) is 0 Å². The largest absolute Gasteiger partial charge is 0.373 e. The first-order valence-electron chi connectivity index (χ1n) is 11.6. The highest BCUT2D eigenvalue weighted by Crippen LogP contribution is 2.29. The van der Waals surface area contributed by atoms with E-state index in [2.05, 4.69) is 35.8 Å². The summed E-state index contributed by atoms with van der Waals surface area (Å²) in [6.45, 7) is 9.14. The number of carbonyl (C=O) groups is 1. The summed E-state index contributed by atoms with van der Waals surface area (Å²) in [7, 11) is 2.03. The van der Waals surface area contributed by atoms with Crippen LogP contribution in [-0.2, 0) is 4.74 Å². The molecule has 166 valence electrons. The summed E-state index contributed by atoms with van der Waals surface area (Å²) in [6, 6.07) is 18.2. The minimum absolute atomic E-state index is 0.144. The molecular weight excluding hydrogens is 386 g/mol. The second-order valence-corrected chi connectivity index (χ2v) is 9.12. The first kappa shape index (κ1) is 21.8. The quantitative estimate of drug-likeness (QED) is 0.716. The number of morpholine rings is 1. The van der Waals surface area contributed by atoms with Gasteiger partial charge in [0.15, 0.2) is 0 Å². The van der Waals surface area contributed by atoms with Crippen LogP contribution in [-0.4, -0.2) is 67.7 Å². The Labute approximate surface area is 186 Å². The smallest absolute Gasteiger partial charge is 0.255 e. The van der Waals surface area contributed by atoms with Gasteiger partial charge in [-0.3, -0.25) is 9.69 Å². The van der Waals surface area contributed by atoms with Crippen molar-refractivity contribution < 1.29 is 9.53 Å². The molecule has 5 nitrogen and oxygen atoms in total.